The van der Waals surface area contributed by atoms with E-state index < -0.39 is 0 Å². The number of hydrogen-bond donors (Lipinski definition) is 1. The second kappa shape index (κ2) is 3.99. The molecule has 0 fully saturated rings. The van der Waals surface area contributed by atoms with Gasteiger partial charge >= 0.3 is 0 Å². The van der Waals surface area contributed by atoms with E-state index in [9.17, 15) is 0 Å². The highest BCUT2D eigenvalue weighted by Gasteiger charge is 2.02. The lowest BCUT2D eigenvalue weighted by molar-refractivity contribution is 0.185. The highest BCUT2D eigenvalue weighted by atomic mass is 35.5. The molecular weight excluding hydrogens is 184 g/mol. The van der Waals surface area contributed by atoms with Crippen LogP contribution in [0.4, 0.5) is 0 Å². The van der Waals surface area contributed by atoms with Gasteiger partial charge in [-0.1, -0.05) is 11.3 Å². The molecule has 0 spiro atoms. The topological polar surface area (TPSA) is 46.0 Å². The first-order chi connectivity index (χ1) is 5.18. The fraction of sp³-hybridized carbons (Fsp3) is 0.667. The monoisotopic (exact) mass is 192 g/mol. The molecule has 1 unspecified atom stereocenters. The van der Waals surface area contributed by atoms with Crippen molar-refractivity contribution in [3.8, 4) is 0 Å². The molecule has 0 bridgehead atoms. The maximum Gasteiger partial charge on any atom is 0.207 e. The Morgan fingerprint density at radius 1 is 1.64 bits per heavy atom. The second-order valence-electron chi connectivity index (χ2n) is 2.34. The summed E-state index contributed by atoms with van der Waals surface area (Å²) in [7, 11) is 0. The van der Waals surface area contributed by atoms with E-state index >= 15 is 0 Å². The van der Waals surface area contributed by atoms with Crippen LogP contribution in [0.25, 0.3) is 0 Å². The number of aliphatic hydroxyl groups is 1. The zero-order chi connectivity index (χ0) is 8.27. The van der Waals surface area contributed by atoms with Crippen molar-refractivity contribution >= 4 is 22.9 Å². The Bertz CT molecular complexity index is 226. The first-order valence-electron chi connectivity index (χ1n) is 3.34. The van der Waals surface area contributed by atoms with Crippen molar-refractivity contribution in [3.63, 3.8) is 0 Å². The lowest BCUT2D eigenvalue weighted by Crippen LogP contribution is -2.00. The highest BCUT2D eigenvalue weighted by molar-refractivity contribution is 7.15. The minimum absolute atomic E-state index is 0.280. The number of halogens is 1. The molecule has 0 aliphatic heterocycles. The van der Waals surface area contributed by atoms with E-state index in [0.717, 1.165) is 11.4 Å². The third-order valence-electron chi connectivity index (χ3n) is 1.22. The van der Waals surface area contributed by atoms with Gasteiger partial charge < -0.3 is 5.11 Å². The molecular formula is C6H9ClN2OS. The normalized spacial score (nSPS) is 13.4. The molecule has 0 saturated carbocycles. The van der Waals surface area contributed by atoms with Gasteiger partial charge in [0.15, 0.2) is 0 Å². The second-order valence-corrected chi connectivity index (χ2v) is 3.98. The first kappa shape index (κ1) is 8.90. The van der Waals surface area contributed by atoms with Crippen molar-refractivity contribution in [2.24, 2.45) is 0 Å². The fourth-order valence-corrected chi connectivity index (χ4v) is 1.55. The summed E-state index contributed by atoms with van der Waals surface area (Å²) in [5.74, 6) is 0. The van der Waals surface area contributed by atoms with Gasteiger partial charge in [0.2, 0.25) is 4.47 Å². The largest absolute Gasteiger partial charge is 0.393 e. The lowest BCUT2D eigenvalue weighted by Gasteiger charge is -1.98. The van der Waals surface area contributed by atoms with E-state index in [1.165, 1.54) is 11.3 Å². The van der Waals surface area contributed by atoms with E-state index in [4.69, 9.17) is 16.7 Å². The maximum atomic E-state index is 8.94. The van der Waals surface area contributed by atoms with Crippen LogP contribution in [0.15, 0.2) is 0 Å². The summed E-state index contributed by atoms with van der Waals surface area (Å²) in [4.78, 5) is 0. The number of nitrogens with zero attached hydrogens (tertiary/aromatic N) is 2. The van der Waals surface area contributed by atoms with Crippen LogP contribution in [0.1, 0.15) is 18.4 Å². The van der Waals surface area contributed by atoms with E-state index in [1.54, 1.807) is 6.92 Å². The summed E-state index contributed by atoms with van der Waals surface area (Å²) in [5.41, 5.74) is 0. The maximum absolute atomic E-state index is 8.94. The molecule has 0 saturated heterocycles. The number of rotatable bonds is 3. The number of aliphatic hydroxyl groups excluding tert-OH is 1. The molecule has 1 aromatic rings. The van der Waals surface area contributed by atoms with Gasteiger partial charge in [-0.2, -0.15) is 0 Å². The van der Waals surface area contributed by atoms with Crippen molar-refractivity contribution in [1.82, 2.24) is 10.2 Å². The van der Waals surface area contributed by atoms with Crippen LogP contribution in [-0.4, -0.2) is 21.4 Å². The van der Waals surface area contributed by atoms with Crippen molar-refractivity contribution in [2.75, 3.05) is 0 Å². The molecule has 0 radical (unpaired) electrons. The Morgan fingerprint density at radius 3 is 2.82 bits per heavy atom. The van der Waals surface area contributed by atoms with Gasteiger partial charge in [0.25, 0.3) is 0 Å². The molecule has 1 N–H and O–H groups in total. The van der Waals surface area contributed by atoms with Crippen LogP contribution in [0.3, 0.4) is 0 Å². The molecule has 3 nitrogen and oxygen atoms in total. The van der Waals surface area contributed by atoms with Gasteiger partial charge in [-0.05, 0) is 24.9 Å². The zero-order valence-electron chi connectivity index (χ0n) is 6.12. The molecule has 1 atom stereocenters. The highest BCUT2D eigenvalue weighted by Crippen LogP contribution is 2.16. The zero-order valence-corrected chi connectivity index (χ0v) is 7.69. The molecule has 11 heavy (non-hydrogen) atoms. The third kappa shape index (κ3) is 3.14. The average molecular weight is 193 g/mol. The van der Waals surface area contributed by atoms with Gasteiger partial charge in [-0.3, -0.25) is 0 Å². The molecule has 5 heteroatoms. The number of hydrogen-bond acceptors (Lipinski definition) is 4. The number of aromatic nitrogens is 2. The Labute approximate surface area is 74.0 Å². The van der Waals surface area contributed by atoms with Gasteiger partial charge in [0, 0.05) is 6.42 Å². The standard InChI is InChI=1S/C6H9ClN2OS/c1-4(10)2-3-5-8-9-6(7)11-5/h4,10H,2-3H2,1H3. The summed E-state index contributed by atoms with van der Waals surface area (Å²) in [6.07, 6.45) is 1.19. The van der Waals surface area contributed by atoms with Gasteiger partial charge in [-0.25, -0.2) is 0 Å². The predicted octanol–water partition coefficient (Wildman–Crippen LogP) is 1.50. The van der Waals surface area contributed by atoms with E-state index in [0.29, 0.717) is 10.9 Å². The van der Waals surface area contributed by atoms with Crippen LogP contribution < -0.4 is 0 Å². The Kier molecular flexibility index (Phi) is 3.23. The van der Waals surface area contributed by atoms with Crippen LogP contribution in [0.2, 0.25) is 4.47 Å². The molecule has 62 valence electrons. The summed E-state index contributed by atoms with van der Waals surface area (Å²) in [6.45, 7) is 1.75. The molecule has 1 heterocycles. The van der Waals surface area contributed by atoms with Crippen LogP contribution in [0.5, 0.6) is 0 Å². The minimum Gasteiger partial charge on any atom is -0.393 e. The first-order valence-corrected chi connectivity index (χ1v) is 4.54. The van der Waals surface area contributed by atoms with Crippen molar-refractivity contribution < 1.29 is 5.11 Å². The van der Waals surface area contributed by atoms with E-state index in [-0.39, 0.29) is 6.10 Å². The quantitative estimate of drug-likeness (QED) is 0.790. The Morgan fingerprint density at radius 2 is 2.36 bits per heavy atom. The SMILES string of the molecule is CC(O)CCc1nnc(Cl)s1. The molecule has 0 aliphatic rings. The third-order valence-corrected chi connectivity index (χ3v) is 2.30. The van der Waals surface area contributed by atoms with Crippen molar-refractivity contribution in [1.29, 1.82) is 0 Å². The Balaban J connectivity index is 2.39. The smallest absolute Gasteiger partial charge is 0.207 e. The van der Waals surface area contributed by atoms with Gasteiger partial charge in [-0.15, -0.1) is 10.2 Å². The van der Waals surface area contributed by atoms with Crippen LogP contribution >= 0.6 is 22.9 Å². The van der Waals surface area contributed by atoms with Crippen molar-refractivity contribution in [3.05, 3.63) is 9.47 Å². The van der Waals surface area contributed by atoms with Crippen molar-refractivity contribution in [2.45, 2.75) is 25.9 Å². The van der Waals surface area contributed by atoms with Crippen LogP contribution in [0, 0.1) is 0 Å². The number of aryl methyl sites for hydroxylation is 1. The van der Waals surface area contributed by atoms with Gasteiger partial charge in [0.05, 0.1) is 6.10 Å². The Hall–Kier alpha value is -0.190. The summed E-state index contributed by atoms with van der Waals surface area (Å²) in [5, 5.41) is 17.3. The van der Waals surface area contributed by atoms with E-state index in [1.807, 2.05) is 0 Å². The molecule has 0 aliphatic carbocycles. The summed E-state index contributed by atoms with van der Waals surface area (Å²) >= 11 is 6.92. The summed E-state index contributed by atoms with van der Waals surface area (Å²) in [6, 6.07) is 0. The van der Waals surface area contributed by atoms with E-state index in [2.05, 4.69) is 10.2 Å². The minimum atomic E-state index is -0.280. The molecule has 0 amide bonds. The molecule has 1 rings (SSSR count). The summed E-state index contributed by atoms with van der Waals surface area (Å²) < 4.78 is 0.464. The molecule has 1 aromatic heterocycles. The molecule has 0 aromatic carbocycles. The average Bonchev–Trinajstić information content (AvgIpc) is 2.31. The van der Waals surface area contributed by atoms with Gasteiger partial charge in [0.1, 0.15) is 5.01 Å². The predicted molar refractivity (Wildman–Crippen MR) is 44.9 cm³/mol. The van der Waals surface area contributed by atoms with Crippen LogP contribution in [-0.2, 0) is 6.42 Å². The lowest BCUT2D eigenvalue weighted by atomic mass is 10.2. The fourth-order valence-electron chi connectivity index (χ4n) is 0.667.